The van der Waals surface area contributed by atoms with E-state index in [4.69, 9.17) is 11.6 Å². The number of aromatic nitrogens is 4. The maximum Gasteiger partial charge on any atom is 0.191 e. The van der Waals surface area contributed by atoms with E-state index in [2.05, 4.69) is 15.1 Å². The average Bonchev–Trinajstić information content (AvgIpc) is 2.58. The van der Waals surface area contributed by atoms with Crippen LogP contribution >= 0.6 is 11.6 Å². The van der Waals surface area contributed by atoms with Gasteiger partial charge in [-0.15, -0.1) is 0 Å². The molecule has 0 amide bonds. The van der Waals surface area contributed by atoms with Gasteiger partial charge in [-0.05, 0) is 26.3 Å². The summed E-state index contributed by atoms with van der Waals surface area (Å²) >= 11 is 6.01. The molecule has 0 radical (unpaired) electrons. The summed E-state index contributed by atoms with van der Waals surface area (Å²) in [4.78, 5) is 8.56. The molecular weight excluding hydrogens is 212 g/mol. The van der Waals surface area contributed by atoms with E-state index in [1.807, 2.05) is 27.0 Å². The fourth-order valence-corrected chi connectivity index (χ4v) is 1.49. The Hall–Kier alpha value is -1.42. The third kappa shape index (κ3) is 1.85. The van der Waals surface area contributed by atoms with Crippen LogP contribution in [0.3, 0.4) is 0 Å². The Bertz CT molecular complexity index is 504. The highest BCUT2D eigenvalue weighted by atomic mass is 35.5. The first-order chi connectivity index (χ1) is 7.08. The fourth-order valence-electron chi connectivity index (χ4n) is 1.24. The first-order valence-corrected chi connectivity index (χ1v) is 4.98. The number of hydrogen-bond donors (Lipinski definition) is 0. The van der Waals surface area contributed by atoms with Gasteiger partial charge in [-0.2, -0.15) is 5.10 Å². The van der Waals surface area contributed by atoms with E-state index in [0.29, 0.717) is 11.0 Å². The minimum atomic E-state index is 0.376. The Labute approximate surface area is 92.9 Å². The Balaban J connectivity index is 2.58. The smallest absolute Gasteiger partial charge is 0.191 e. The summed E-state index contributed by atoms with van der Waals surface area (Å²) in [6.45, 7) is 5.75. The molecule has 2 aromatic heterocycles. The Morgan fingerprint density at radius 1 is 1.13 bits per heavy atom. The molecular formula is C10H11ClN4. The first kappa shape index (κ1) is 10.1. The Kier molecular flexibility index (Phi) is 2.44. The summed E-state index contributed by atoms with van der Waals surface area (Å²) < 4.78 is 1.64. The van der Waals surface area contributed by atoms with Crippen LogP contribution < -0.4 is 0 Å². The Morgan fingerprint density at radius 3 is 2.40 bits per heavy atom. The van der Waals surface area contributed by atoms with Crippen molar-refractivity contribution in [2.45, 2.75) is 20.8 Å². The van der Waals surface area contributed by atoms with Crippen molar-refractivity contribution in [3.05, 3.63) is 34.5 Å². The van der Waals surface area contributed by atoms with Crippen molar-refractivity contribution >= 4 is 11.6 Å². The molecule has 0 aliphatic heterocycles. The fraction of sp³-hybridized carbons (Fsp3) is 0.300. The van der Waals surface area contributed by atoms with Crippen LogP contribution in [0.2, 0.25) is 5.15 Å². The molecule has 0 spiro atoms. The molecule has 0 aromatic carbocycles. The predicted molar refractivity (Wildman–Crippen MR) is 58.4 cm³/mol. The zero-order chi connectivity index (χ0) is 11.0. The Morgan fingerprint density at radius 2 is 1.80 bits per heavy atom. The van der Waals surface area contributed by atoms with Crippen molar-refractivity contribution in [2.75, 3.05) is 0 Å². The molecule has 0 saturated carbocycles. The molecule has 2 heterocycles. The largest absolute Gasteiger partial charge is 0.236 e. The van der Waals surface area contributed by atoms with Gasteiger partial charge in [0.2, 0.25) is 0 Å². The molecule has 4 nitrogen and oxygen atoms in total. The van der Waals surface area contributed by atoms with E-state index in [-0.39, 0.29) is 0 Å². The standard InChI is InChI=1S/C10H11ClN4/c1-6-4-12-15(5-6)10-9(11)13-7(2)8(3)14-10/h4-5H,1-3H3. The zero-order valence-corrected chi connectivity index (χ0v) is 9.58. The van der Waals surface area contributed by atoms with Gasteiger partial charge in [-0.3, -0.25) is 0 Å². The van der Waals surface area contributed by atoms with E-state index in [1.165, 1.54) is 0 Å². The summed E-state index contributed by atoms with van der Waals surface area (Å²) in [5.74, 6) is 0.577. The third-order valence-electron chi connectivity index (χ3n) is 2.18. The maximum atomic E-state index is 6.01. The first-order valence-electron chi connectivity index (χ1n) is 4.60. The molecule has 0 unspecified atom stereocenters. The van der Waals surface area contributed by atoms with Crippen LogP contribution in [0.5, 0.6) is 0 Å². The summed E-state index contributed by atoms with van der Waals surface area (Å²) in [5, 5.41) is 4.52. The molecule has 2 rings (SSSR count). The molecule has 5 heteroatoms. The number of nitrogens with zero attached hydrogens (tertiary/aromatic N) is 4. The van der Waals surface area contributed by atoms with E-state index in [0.717, 1.165) is 17.0 Å². The molecule has 0 N–H and O–H groups in total. The van der Waals surface area contributed by atoms with E-state index < -0.39 is 0 Å². The normalized spacial score (nSPS) is 10.7. The van der Waals surface area contributed by atoms with Crippen LogP contribution in [-0.4, -0.2) is 19.7 Å². The van der Waals surface area contributed by atoms with Gasteiger partial charge >= 0.3 is 0 Å². The van der Waals surface area contributed by atoms with Crippen LogP contribution in [0.1, 0.15) is 17.0 Å². The quantitative estimate of drug-likeness (QED) is 0.743. The molecule has 0 saturated heterocycles. The summed E-state index contributed by atoms with van der Waals surface area (Å²) in [5.41, 5.74) is 2.77. The highest BCUT2D eigenvalue weighted by Gasteiger charge is 2.09. The predicted octanol–water partition coefficient (Wildman–Crippen LogP) is 2.24. The van der Waals surface area contributed by atoms with Crippen molar-refractivity contribution in [1.29, 1.82) is 0 Å². The molecule has 15 heavy (non-hydrogen) atoms. The number of aryl methyl sites for hydroxylation is 3. The lowest BCUT2D eigenvalue weighted by molar-refractivity contribution is 0.824. The van der Waals surface area contributed by atoms with Gasteiger partial charge in [0, 0.05) is 6.20 Å². The molecule has 78 valence electrons. The second-order valence-corrected chi connectivity index (χ2v) is 3.83. The van der Waals surface area contributed by atoms with Gasteiger partial charge in [0.25, 0.3) is 0 Å². The maximum absolute atomic E-state index is 6.01. The molecule has 0 aliphatic carbocycles. The van der Waals surface area contributed by atoms with Gasteiger partial charge in [0.15, 0.2) is 11.0 Å². The molecule has 0 fully saturated rings. The van der Waals surface area contributed by atoms with Crippen molar-refractivity contribution < 1.29 is 0 Å². The minimum absolute atomic E-state index is 0.376. The van der Waals surface area contributed by atoms with Crippen LogP contribution in [0.25, 0.3) is 5.82 Å². The number of rotatable bonds is 1. The lowest BCUT2D eigenvalue weighted by Crippen LogP contribution is -2.04. The van der Waals surface area contributed by atoms with Crippen LogP contribution in [0, 0.1) is 20.8 Å². The van der Waals surface area contributed by atoms with Gasteiger partial charge in [-0.1, -0.05) is 11.6 Å². The topological polar surface area (TPSA) is 43.6 Å². The molecule has 0 aliphatic rings. The van der Waals surface area contributed by atoms with Crippen molar-refractivity contribution in [2.24, 2.45) is 0 Å². The zero-order valence-electron chi connectivity index (χ0n) is 8.82. The van der Waals surface area contributed by atoms with E-state index in [9.17, 15) is 0 Å². The van der Waals surface area contributed by atoms with Gasteiger partial charge in [0.1, 0.15) is 0 Å². The SMILES string of the molecule is Cc1cnn(-c2nc(C)c(C)nc2Cl)c1. The molecule has 0 atom stereocenters. The molecule has 0 bridgehead atoms. The minimum Gasteiger partial charge on any atom is -0.236 e. The highest BCUT2D eigenvalue weighted by Crippen LogP contribution is 2.17. The lowest BCUT2D eigenvalue weighted by atomic mass is 10.3. The van der Waals surface area contributed by atoms with E-state index in [1.54, 1.807) is 10.9 Å². The van der Waals surface area contributed by atoms with Crippen molar-refractivity contribution in [1.82, 2.24) is 19.7 Å². The summed E-state index contributed by atoms with van der Waals surface area (Å²) in [6.07, 6.45) is 3.62. The second kappa shape index (κ2) is 3.62. The van der Waals surface area contributed by atoms with Gasteiger partial charge < -0.3 is 0 Å². The van der Waals surface area contributed by atoms with Crippen molar-refractivity contribution in [3.63, 3.8) is 0 Å². The molecule has 2 aromatic rings. The highest BCUT2D eigenvalue weighted by molar-refractivity contribution is 6.30. The number of hydrogen-bond acceptors (Lipinski definition) is 3. The van der Waals surface area contributed by atoms with E-state index >= 15 is 0 Å². The summed E-state index contributed by atoms with van der Waals surface area (Å²) in [7, 11) is 0. The van der Waals surface area contributed by atoms with Gasteiger partial charge in [-0.25, -0.2) is 14.6 Å². The van der Waals surface area contributed by atoms with Crippen LogP contribution in [0.15, 0.2) is 12.4 Å². The third-order valence-corrected chi connectivity index (χ3v) is 2.43. The summed E-state index contributed by atoms with van der Waals surface area (Å²) in [6, 6.07) is 0. The number of halogens is 1. The van der Waals surface area contributed by atoms with Crippen molar-refractivity contribution in [3.8, 4) is 5.82 Å². The van der Waals surface area contributed by atoms with Gasteiger partial charge in [0.05, 0.1) is 17.6 Å². The average molecular weight is 223 g/mol. The van der Waals surface area contributed by atoms with Crippen LogP contribution in [0.4, 0.5) is 0 Å². The second-order valence-electron chi connectivity index (χ2n) is 3.47. The van der Waals surface area contributed by atoms with Crippen LogP contribution in [-0.2, 0) is 0 Å². The monoisotopic (exact) mass is 222 g/mol. The lowest BCUT2D eigenvalue weighted by Gasteiger charge is -2.05.